The Labute approximate surface area is 109 Å². The average Bonchev–Trinajstić information content (AvgIpc) is 2.97. The van der Waals surface area contributed by atoms with E-state index in [1.807, 2.05) is 0 Å². The summed E-state index contributed by atoms with van der Waals surface area (Å²) in [6.45, 7) is 10.7. The lowest BCUT2D eigenvalue weighted by molar-refractivity contribution is -0.147. The van der Waals surface area contributed by atoms with Crippen molar-refractivity contribution in [3.8, 4) is 0 Å². The number of carbonyl (C=O) groups is 1. The van der Waals surface area contributed by atoms with E-state index in [0.717, 1.165) is 31.3 Å². The monoisotopic (exact) mass is 248 g/mol. The van der Waals surface area contributed by atoms with Crippen LogP contribution in [0, 0.1) is 16.2 Å². The van der Waals surface area contributed by atoms with Crippen molar-refractivity contribution in [2.75, 3.05) is 0 Å². The molecular formula is C16H24O2. The fraction of sp³-hybridized carbons (Fsp3) is 0.812. The van der Waals surface area contributed by atoms with Gasteiger partial charge in [0.15, 0.2) is 5.78 Å². The van der Waals surface area contributed by atoms with Crippen LogP contribution in [-0.4, -0.2) is 16.5 Å². The fourth-order valence-corrected chi connectivity index (χ4v) is 4.69. The molecule has 0 radical (unpaired) electrons. The maximum Gasteiger partial charge on any atom is 0.190 e. The van der Waals surface area contributed by atoms with E-state index in [-0.39, 0.29) is 22.0 Å². The lowest BCUT2D eigenvalue weighted by Gasteiger charge is -2.49. The number of hydrogen-bond acceptors (Lipinski definition) is 2. The van der Waals surface area contributed by atoms with Gasteiger partial charge in [-0.15, -0.1) is 0 Å². The van der Waals surface area contributed by atoms with Crippen LogP contribution in [0.15, 0.2) is 11.1 Å². The molecule has 3 aliphatic carbocycles. The van der Waals surface area contributed by atoms with Crippen molar-refractivity contribution in [1.29, 1.82) is 0 Å². The highest BCUT2D eigenvalue weighted by molar-refractivity contribution is 6.05. The van der Waals surface area contributed by atoms with E-state index in [2.05, 4.69) is 27.7 Å². The number of ketones is 1. The molecule has 1 fully saturated rings. The summed E-state index contributed by atoms with van der Waals surface area (Å²) in [4.78, 5) is 12.7. The van der Waals surface area contributed by atoms with Crippen LogP contribution in [0.5, 0.6) is 0 Å². The van der Waals surface area contributed by atoms with Crippen molar-refractivity contribution < 1.29 is 9.90 Å². The molecule has 1 atom stereocenters. The molecule has 0 bridgehead atoms. The smallest absolute Gasteiger partial charge is 0.190 e. The Morgan fingerprint density at radius 1 is 1.00 bits per heavy atom. The number of carbonyl (C=O) groups excluding carboxylic acids is 1. The maximum absolute atomic E-state index is 12.7. The molecule has 0 aliphatic heterocycles. The van der Waals surface area contributed by atoms with E-state index in [0.29, 0.717) is 0 Å². The van der Waals surface area contributed by atoms with Gasteiger partial charge in [-0.25, -0.2) is 0 Å². The van der Waals surface area contributed by atoms with Gasteiger partial charge in [-0.3, -0.25) is 4.79 Å². The van der Waals surface area contributed by atoms with E-state index in [9.17, 15) is 9.90 Å². The maximum atomic E-state index is 12.7. The first kappa shape index (κ1) is 12.4. The van der Waals surface area contributed by atoms with Crippen molar-refractivity contribution in [2.45, 2.75) is 65.9 Å². The van der Waals surface area contributed by atoms with Crippen LogP contribution in [0.4, 0.5) is 0 Å². The summed E-state index contributed by atoms with van der Waals surface area (Å²) in [6.07, 6.45) is 3.81. The molecule has 0 aromatic rings. The van der Waals surface area contributed by atoms with Crippen LogP contribution >= 0.6 is 0 Å². The highest BCUT2D eigenvalue weighted by Crippen LogP contribution is 2.72. The van der Waals surface area contributed by atoms with Crippen LogP contribution in [0.2, 0.25) is 0 Å². The number of Topliss-reactive ketones (excluding diaryl/α,β-unsaturated/α-hetero) is 1. The second-order valence-corrected chi connectivity index (χ2v) is 8.08. The zero-order chi connectivity index (χ0) is 13.6. The Hall–Kier alpha value is -0.630. The van der Waals surface area contributed by atoms with Crippen LogP contribution in [0.1, 0.15) is 60.3 Å². The lowest BCUT2D eigenvalue weighted by atomic mass is 9.56. The highest BCUT2D eigenvalue weighted by atomic mass is 16.3. The molecule has 3 rings (SSSR count). The molecule has 1 saturated carbocycles. The predicted octanol–water partition coefficient (Wildman–Crippen LogP) is 3.24. The molecule has 100 valence electrons. The minimum absolute atomic E-state index is 0.0138. The minimum atomic E-state index is -1.16. The summed E-state index contributed by atoms with van der Waals surface area (Å²) >= 11 is 0. The molecule has 0 saturated heterocycles. The Kier molecular flexibility index (Phi) is 2.02. The van der Waals surface area contributed by atoms with Crippen molar-refractivity contribution >= 4 is 5.78 Å². The summed E-state index contributed by atoms with van der Waals surface area (Å²) in [5.74, 6) is 0.0138. The molecular weight excluding hydrogens is 224 g/mol. The third-order valence-electron chi connectivity index (χ3n) is 6.02. The highest BCUT2D eigenvalue weighted by Gasteiger charge is 2.71. The summed E-state index contributed by atoms with van der Waals surface area (Å²) in [7, 11) is 0. The van der Waals surface area contributed by atoms with Gasteiger partial charge in [0.1, 0.15) is 5.60 Å². The van der Waals surface area contributed by atoms with Gasteiger partial charge in [0.2, 0.25) is 0 Å². The van der Waals surface area contributed by atoms with E-state index >= 15 is 0 Å². The summed E-state index contributed by atoms with van der Waals surface area (Å²) in [5, 5.41) is 10.8. The number of aliphatic hydroxyl groups is 1. The third-order valence-corrected chi connectivity index (χ3v) is 6.02. The van der Waals surface area contributed by atoms with Gasteiger partial charge in [-0.1, -0.05) is 33.3 Å². The summed E-state index contributed by atoms with van der Waals surface area (Å²) < 4.78 is 0. The second kappa shape index (κ2) is 2.92. The van der Waals surface area contributed by atoms with Gasteiger partial charge in [0.25, 0.3) is 0 Å². The molecule has 18 heavy (non-hydrogen) atoms. The topological polar surface area (TPSA) is 37.3 Å². The number of hydrogen-bond donors (Lipinski definition) is 1. The van der Waals surface area contributed by atoms with Crippen LogP contribution < -0.4 is 0 Å². The average molecular weight is 248 g/mol. The van der Waals surface area contributed by atoms with Crippen molar-refractivity contribution in [3.05, 3.63) is 11.1 Å². The Morgan fingerprint density at radius 2 is 1.56 bits per heavy atom. The standard InChI is InChI=1S/C16H24O2/c1-13(2)8-10-11(9-13)14(3,4)16(6-7-16)15(5,18)12(10)17/h18H,6-9H2,1-5H3/t15-/m1/s1. The fourth-order valence-electron chi connectivity index (χ4n) is 4.69. The molecule has 0 amide bonds. The quantitative estimate of drug-likeness (QED) is 0.714. The normalized spacial score (nSPS) is 39.1. The molecule has 1 spiro atoms. The van der Waals surface area contributed by atoms with E-state index in [1.54, 1.807) is 6.92 Å². The Morgan fingerprint density at radius 3 is 2.06 bits per heavy atom. The molecule has 3 aliphatic rings. The molecule has 0 heterocycles. The molecule has 2 nitrogen and oxygen atoms in total. The predicted molar refractivity (Wildman–Crippen MR) is 71.1 cm³/mol. The third kappa shape index (κ3) is 1.16. The van der Waals surface area contributed by atoms with Gasteiger partial charge in [-0.2, -0.15) is 0 Å². The van der Waals surface area contributed by atoms with E-state index in [4.69, 9.17) is 0 Å². The number of allylic oxidation sites excluding steroid dienone is 1. The lowest BCUT2D eigenvalue weighted by Crippen LogP contribution is -2.55. The molecule has 0 unspecified atom stereocenters. The van der Waals surface area contributed by atoms with Crippen molar-refractivity contribution in [2.24, 2.45) is 16.2 Å². The first-order chi connectivity index (χ1) is 8.05. The Balaban J connectivity index is 2.19. The molecule has 0 aromatic carbocycles. The Bertz CT molecular complexity index is 473. The van der Waals surface area contributed by atoms with Crippen LogP contribution in [0.25, 0.3) is 0 Å². The molecule has 0 aromatic heterocycles. The zero-order valence-corrected chi connectivity index (χ0v) is 12.2. The van der Waals surface area contributed by atoms with Gasteiger partial charge >= 0.3 is 0 Å². The molecule has 1 N–H and O–H groups in total. The van der Waals surface area contributed by atoms with Gasteiger partial charge < -0.3 is 5.11 Å². The summed E-state index contributed by atoms with van der Waals surface area (Å²) in [6, 6.07) is 0. The first-order valence-electron chi connectivity index (χ1n) is 7.05. The van der Waals surface area contributed by atoms with Crippen molar-refractivity contribution in [3.63, 3.8) is 0 Å². The van der Waals surface area contributed by atoms with Gasteiger partial charge in [-0.05, 0) is 49.0 Å². The minimum Gasteiger partial charge on any atom is -0.381 e. The zero-order valence-electron chi connectivity index (χ0n) is 12.2. The first-order valence-corrected chi connectivity index (χ1v) is 7.05. The summed E-state index contributed by atoms with van der Waals surface area (Å²) in [5.41, 5.74) is 1.06. The van der Waals surface area contributed by atoms with E-state index in [1.165, 1.54) is 5.57 Å². The van der Waals surface area contributed by atoms with E-state index < -0.39 is 5.60 Å². The SMILES string of the molecule is CC1(C)CC2=C(C1)C(C)(C)C1(CC1)[C@](C)(O)C2=O. The van der Waals surface area contributed by atoms with Gasteiger partial charge in [0, 0.05) is 5.41 Å². The van der Waals surface area contributed by atoms with Crippen LogP contribution in [0.3, 0.4) is 0 Å². The molecule has 2 heteroatoms. The number of rotatable bonds is 0. The largest absolute Gasteiger partial charge is 0.381 e. The van der Waals surface area contributed by atoms with Crippen molar-refractivity contribution in [1.82, 2.24) is 0 Å². The van der Waals surface area contributed by atoms with Crippen LogP contribution in [-0.2, 0) is 4.79 Å². The van der Waals surface area contributed by atoms with Gasteiger partial charge in [0.05, 0.1) is 0 Å². The second-order valence-electron chi connectivity index (χ2n) is 8.08.